The van der Waals surface area contributed by atoms with E-state index in [-0.39, 0.29) is 10.8 Å². The summed E-state index contributed by atoms with van der Waals surface area (Å²) in [6.07, 6.45) is 5.74. The van der Waals surface area contributed by atoms with E-state index in [0.717, 1.165) is 58.1 Å². The fraction of sp³-hybridized carbons (Fsp3) is 0.348. The first-order chi connectivity index (χ1) is 14.5. The maximum Gasteiger partial charge on any atom is 0.177 e. The molecule has 7 heteroatoms. The Morgan fingerprint density at radius 1 is 1.13 bits per heavy atom. The quantitative estimate of drug-likeness (QED) is 0.420. The number of aromatic nitrogens is 5. The number of nitrogens with one attached hydrogen (secondary N) is 1. The molecule has 6 rings (SSSR count). The van der Waals surface area contributed by atoms with Crippen molar-refractivity contribution >= 4 is 28.1 Å². The summed E-state index contributed by atoms with van der Waals surface area (Å²) in [7, 11) is 1.87. The molecule has 0 radical (unpaired) electrons. The van der Waals surface area contributed by atoms with Gasteiger partial charge >= 0.3 is 0 Å². The number of aliphatic imine (C=N–C) groups is 1. The van der Waals surface area contributed by atoms with Crippen LogP contribution in [0.4, 0.5) is 5.69 Å². The number of hydrogen-bond acceptors (Lipinski definition) is 5. The molecular weight excluding hydrogens is 374 g/mol. The molecule has 4 aromatic rings. The number of pyridine rings is 1. The number of aryl methyl sites for hydroxylation is 3. The zero-order valence-corrected chi connectivity index (χ0v) is 17.6. The summed E-state index contributed by atoms with van der Waals surface area (Å²) in [5.74, 6) is 1.94. The van der Waals surface area contributed by atoms with Crippen LogP contribution in [0, 0.1) is 26.2 Å². The van der Waals surface area contributed by atoms with Crippen LogP contribution in [0.3, 0.4) is 0 Å². The van der Waals surface area contributed by atoms with Crippen LogP contribution < -0.4 is 5.32 Å². The van der Waals surface area contributed by atoms with Crippen LogP contribution >= 0.6 is 0 Å². The molecule has 150 valence electrons. The van der Waals surface area contributed by atoms with Crippen LogP contribution in [0.1, 0.15) is 35.6 Å². The van der Waals surface area contributed by atoms with Gasteiger partial charge in [0.2, 0.25) is 0 Å². The van der Waals surface area contributed by atoms with E-state index < -0.39 is 0 Å². The van der Waals surface area contributed by atoms with Crippen molar-refractivity contribution in [3.05, 3.63) is 59.4 Å². The van der Waals surface area contributed by atoms with Gasteiger partial charge in [0.05, 0.1) is 22.6 Å². The van der Waals surface area contributed by atoms with Gasteiger partial charge in [0.25, 0.3) is 0 Å². The normalized spacial score (nSPS) is 24.9. The van der Waals surface area contributed by atoms with Crippen LogP contribution in [0.5, 0.6) is 0 Å². The zero-order valence-electron chi connectivity index (χ0n) is 17.6. The first-order valence-electron chi connectivity index (χ1n) is 10.3. The summed E-state index contributed by atoms with van der Waals surface area (Å²) in [4.78, 5) is 18.5. The Labute approximate surface area is 174 Å². The maximum atomic E-state index is 4.88. The smallest absolute Gasteiger partial charge is 0.177 e. The van der Waals surface area contributed by atoms with Gasteiger partial charge in [0.1, 0.15) is 5.84 Å². The number of rotatable bonds is 3. The molecule has 2 aliphatic carbocycles. The average molecular weight is 397 g/mol. The van der Waals surface area contributed by atoms with Crippen molar-refractivity contribution in [2.24, 2.45) is 10.4 Å². The van der Waals surface area contributed by atoms with Gasteiger partial charge in [-0.2, -0.15) is 5.10 Å². The van der Waals surface area contributed by atoms with Gasteiger partial charge in [-0.15, -0.1) is 0 Å². The number of anilines is 1. The number of benzene rings is 1. The molecule has 0 spiro atoms. The minimum atomic E-state index is -0.00349. The zero-order chi connectivity index (χ0) is 20.7. The van der Waals surface area contributed by atoms with Crippen molar-refractivity contribution in [3.63, 3.8) is 0 Å². The molecule has 0 amide bonds. The molecule has 2 aliphatic rings. The lowest BCUT2D eigenvalue weighted by molar-refractivity contribution is 0.735. The Balaban J connectivity index is 1.37. The van der Waals surface area contributed by atoms with E-state index in [0.29, 0.717) is 0 Å². The van der Waals surface area contributed by atoms with Gasteiger partial charge < -0.3 is 5.32 Å². The van der Waals surface area contributed by atoms with E-state index in [1.165, 1.54) is 5.56 Å². The predicted octanol–water partition coefficient (Wildman–Crippen LogP) is 3.77. The Morgan fingerprint density at radius 2 is 1.97 bits per heavy atom. The molecule has 2 saturated carbocycles. The van der Waals surface area contributed by atoms with Crippen molar-refractivity contribution < 1.29 is 0 Å². The molecule has 0 bridgehead atoms. The molecule has 3 heterocycles. The van der Waals surface area contributed by atoms with Gasteiger partial charge in [-0.05, 0) is 57.4 Å². The van der Waals surface area contributed by atoms with Crippen LogP contribution in [-0.2, 0) is 5.41 Å². The average Bonchev–Trinajstić information content (AvgIpc) is 3.50. The van der Waals surface area contributed by atoms with E-state index in [4.69, 9.17) is 10.1 Å². The first-order valence-corrected chi connectivity index (χ1v) is 10.3. The number of hydrogen-bond donors (Lipinski definition) is 1. The van der Waals surface area contributed by atoms with E-state index in [1.54, 1.807) is 0 Å². The molecule has 0 saturated heterocycles. The summed E-state index contributed by atoms with van der Waals surface area (Å²) in [5, 5.41) is 9.64. The lowest BCUT2D eigenvalue weighted by Crippen LogP contribution is -2.20. The minimum absolute atomic E-state index is 0.00349. The monoisotopic (exact) mass is 397 g/mol. The highest BCUT2D eigenvalue weighted by molar-refractivity contribution is 6.11. The molecule has 30 heavy (non-hydrogen) atoms. The highest BCUT2D eigenvalue weighted by atomic mass is 15.3. The highest BCUT2D eigenvalue weighted by Crippen LogP contribution is 2.85. The molecule has 3 aromatic heterocycles. The SMILES string of the molecule is CN=C(Nc1c(C)ccc2ncccc12)C12CC1(c1nc3c(C)ncc(C)n3n1)C2. The van der Waals surface area contributed by atoms with E-state index in [1.807, 2.05) is 43.9 Å². The first kappa shape index (κ1) is 17.5. The van der Waals surface area contributed by atoms with Gasteiger partial charge in [-0.1, -0.05) is 6.07 Å². The van der Waals surface area contributed by atoms with Crippen molar-refractivity contribution in [2.75, 3.05) is 12.4 Å². The van der Waals surface area contributed by atoms with Crippen LogP contribution in [-0.4, -0.2) is 37.4 Å². The molecule has 1 aromatic carbocycles. The van der Waals surface area contributed by atoms with E-state index in [2.05, 4.69) is 45.4 Å². The highest BCUT2D eigenvalue weighted by Gasteiger charge is 2.88. The summed E-state index contributed by atoms with van der Waals surface area (Å²) in [6, 6.07) is 8.26. The largest absolute Gasteiger partial charge is 0.343 e. The van der Waals surface area contributed by atoms with Crippen molar-refractivity contribution in [3.8, 4) is 0 Å². The molecule has 7 nitrogen and oxygen atoms in total. The summed E-state index contributed by atoms with van der Waals surface area (Å²) < 4.78 is 1.92. The third-order valence-corrected chi connectivity index (χ3v) is 6.92. The summed E-state index contributed by atoms with van der Waals surface area (Å²) in [5.41, 5.74) is 6.02. The molecule has 1 N–H and O–H groups in total. The van der Waals surface area contributed by atoms with Crippen LogP contribution in [0.15, 0.2) is 41.7 Å². The van der Waals surface area contributed by atoms with Crippen LogP contribution in [0.25, 0.3) is 16.6 Å². The second-order valence-electron chi connectivity index (χ2n) is 8.70. The maximum absolute atomic E-state index is 4.88. The van der Waals surface area contributed by atoms with E-state index >= 15 is 0 Å². The Kier molecular flexibility index (Phi) is 3.28. The second-order valence-corrected chi connectivity index (χ2v) is 8.70. The standard InChI is InChI=1S/C23H23N7/c1-13-7-8-17-16(6-5-9-25-17)18(13)27-20(24-4)22-11-23(22,12-22)21-28-19-15(3)26-10-14(2)30(19)29-21/h5-10H,11-12H2,1-4H3,(H,24,27). The molecular formula is C23H23N7. The Morgan fingerprint density at radius 3 is 2.73 bits per heavy atom. The Bertz CT molecular complexity index is 1340. The molecule has 2 fully saturated rings. The lowest BCUT2D eigenvalue weighted by Gasteiger charge is -2.16. The van der Waals surface area contributed by atoms with Crippen LogP contribution in [0.2, 0.25) is 0 Å². The third kappa shape index (κ3) is 2.12. The topological polar surface area (TPSA) is 80.4 Å². The summed E-state index contributed by atoms with van der Waals surface area (Å²) in [6.45, 7) is 6.12. The van der Waals surface area contributed by atoms with Crippen molar-refractivity contribution in [2.45, 2.75) is 39.0 Å². The number of fused-ring (bicyclic) bond motifs is 3. The second kappa shape index (κ2) is 5.62. The Hall–Kier alpha value is -3.35. The number of nitrogens with zero attached hydrogens (tertiary/aromatic N) is 6. The summed E-state index contributed by atoms with van der Waals surface area (Å²) >= 11 is 0. The van der Waals surface area contributed by atoms with Crippen molar-refractivity contribution in [1.82, 2.24) is 24.6 Å². The predicted molar refractivity (Wildman–Crippen MR) is 117 cm³/mol. The lowest BCUT2D eigenvalue weighted by atomic mass is 10.1. The van der Waals surface area contributed by atoms with E-state index in [9.17, 15) is 0 Å². The molecule has 0 aliphatic heterocycles. The fourth-order valence-electron chi connectivity index (χ4n) is 4.89. The van der Waals surface area contributed by atoms with Gasteiger partial charge in [0, 0.05) is 35.7 Å². The third-order valence-electron chi connectivity index (χ3n) is 6.92. The molecule has 0 atom stereocenters. The van der Waals surface area contributed by atoms with Gasteiger partial charge in [0.15, 0.2) is 11.5 Å². The van der Waals surface area contributed by atoms with Crippen molar-refractivity contribution in [1.29, 1.82) is 0 Å². The number of amidine groups is 1. The van der Waals surface area contributed by atoms with Gasteiger partial charge in [-0.3, -0.25) is 15.0 Å². The van der Waals surface area contributed by atoms with Gasteiger partial charge in [-0.25, -0.2) is 9.50 Å². The fourth-order valence-corrected chi connectivity index (χ4v) is 4.89. The molecule has 0 unspecified atom stereocenters. The minimum Gasteiger partial charge on any atom is -0.343 e.